The number of phosphoric ester groups is 1. The lowest BCUT2D eigenvalue weighted by atomic mass is 10.1. The number of nitrogens with zero attached hydrogens (tertiary/aromatic N) is 1. The van der Waals surface area contributed by atoms with E-state index in [1.54, 1.807) is 0 Å². The molecule has 0 aliphatic rings. The summed E-state index contributed by atoms with van der Waals surface area (Å²) in [7, 11) is 1.11. The number of quaternary nitrogens is 1. The summed E-state index contributed by atoms with van der Waals surface area (Å²) in [5, 5.41) is 0. The molecular formula is C50H88NO8P. The van der Waals surface area contributed by atoms with Crippen molar-refractivity contribution in [3.8, 4) is 0 Å². The van der Waals surface area contributed by atoms with Crippen molar-refractivity contribution in [2.45, 2.75) is 187 Å². The van der Waals surface area contributed by atoms with E-state index < -0.39 is 32.5 Å². The van der Waals surface area contributed by atoms with Crippen molar-refractivity contribution < 1.29 is 42.1 Å². The maximum absolute atomic E-state index is 12.7. The van der Waals surface area contributed by atoms with Crippen LogP contribution in [0.1, 0.15) is 181 Å². The maximum Gasteiger partial charge on any atom is 0.306 e. The number of carbonyl (C=O) groups excluding carboxylic acids is 2. The van der Waals surface area contributed by atoms with Crippen molar-refractivity contribution in [2.24, 2.45) is 0 Å². The third-order valence-electron chi connectivity index (χ3n) is 9.71. The van der Waals surface area contributed by atoms with Crippen molar-refractivity contribution in [1.29, 1.82) is 0 Å². The van der Waals surface area contributed by atoms with Gasteiger partial charge in [-0.2, -0.15) is 0 Å². The summed E-state index contributed by atoms with van der Waals surface area (Å²) in [6, 6.07) is 0. The molecule has 0 fully saturated rings. The van der Waals surface area contributed by atoms with Crippen LogP contribution in [0.5, 0.6) is 0 Å². The number of unbranched alkanes of at least 4 members (excludes halogenated alkanes) is 16. The first-order chi connectivity index (χ1) is 29.0. The molecule has 0 saturated heterocycles. The van der Waals surface area contributed by atoms with Gasteiger partial charge in [-0.25, -0.2) is 0 Å². The number of hydrogen-bond acceptors (Lipinski definition) is 8. The molecule has 2 atom stereocenters. The van der Waals surface area contributed by atoms with Crippen LogP contribution < -0.4 is 4.89 Å². The van der Waals surface area contributed by atoms with Gasteiger partial charge in [-0.05, 0) is 77.0 Å². The molecule has 0 bridgehead atoms. The molecule has 0 aliphatic heterocycles. The Bertz CT molecular complexity index is 1250. The highest BCUT2D eigenvalue weighted by Crippen LogP contribution is 2.38. The van der Waals surface area contributed by atoms with Gasteiger partial charge in [0.2, 0.25) is 0 Å². The summed E-state index contributed by atoms with van der Waals surface area (Å²) < 4.78 is 33.9. The zero-order valence-corrected chi connectivity index (χ0v) is 39.8. The highest BCUT2D eigenvalue weighted by atomic mass is 31.2. The molecule has 0 aromatic heterocycles. The fraction of sp³-hybridized carbons (Fsp3) is 0.720. The van der Waals surface area contributed by atoms with Crippen LogP contribution in [0.3, 0.4) is 0 Å². The van der Waals surface area contributed by atoms with Crippen molar-refractivity contribution in [3.05, 3.63) is 72.9 Å². The van der Waals surface area contributed by atoms with Crippen molar-refractivity contribution in [3.63, 3.8) is 0 Å². The second-order valence-corrected chi connectivity index (χ2v) is 18.2. The lowest BCUT2D eigenvalue weighted by Gasteiger charge is -2.28. The molecular weight excluding hydrogens is 774 g/mol. The molecule has 60 heavy (non-hydrogen) atoms. The molecule has 0 aromatic carbocycles. The van der Waals surface area contributed by atoms with Gasteiger partial charge in [-0.15, -0.1) is 0 Å². The standard InChI is InChI=1S/C50H88NO8P/c1-6-8-10-12-14-16-18-20-22-24-25-27-29-31-33-35-37-39-41-43-50(53)59-48(47-58-60(54,55)57-45-44-51(3,4)5)46-56-49(52)42-40-38-36-34-32-30-28-26-23-21-19-17-15-13-11-9-7-2/h14,16,20-23,25,27,31,33,37,39,48H,6-13,15,17-19,24,26,28-30,32,34-36,38,40-47H2,1-5H3/b16-14-,22-20-,23-21-,27-25-,33-31-,39-37-/t48-/m1/s1. The lowest BCUT2D eigenvalue weighted by Crippen LogP contribution is -2.37. The van der Waals surface area contributed by atoms with Crippen LogP contribution in [-0.2, 0) is 32.7 Å². The Morgan fingerprint density at radius 1 is 0.517 bits per heavy atom. The van der Waals surface area contributed by atoms with Crippen LogP contribution in [0.15, 0.2) is 72.9 Å². The molecule has 346 valence electrons. The molecule has 9 nitrogen and oxygen atoms in total. The lowest BCUT2D eigenvalue weighted by molar-refractivity contribution is -0.870. The number of likely N-dealkylation sites (N-methyl/N-ethyl adjacent to an activating group) is 1. The van der Waals surface area contributed by atoms with E-state index in [4.69, 9.17) is 18.5 Å². The summed E-state index contributed by atoms with van der Waals surface area (Å²) >= 11 is 0. The summed E-state index contributed by atoms with van der Waals surface area (Å²) in [5.41, 5.74) is 0. The first-order valence-electron chi connectivity index (χ1n) is 23.6. The molecule has 10 heteroatoms. The smallest absolute Gasteiger partial charge is 0.306 e. The van der Waals surface area contributed by atoms with E-state index in [1.807, 2.05) is 33.3 Å². The maximum atomic E-state index is 12.7. The predicted octanol–water partition coefficient (Wildman–Crippen LogP) is 13.2. The average molecular weight is 862 g/mol. The van der Waals surface area contributed by atoms with Crippen molar-refractivity contribution in [1.82, 2.24) is 0 Å². The summed E-state index contributed by atoms with van der Waals surface area (Å²) in [6.45, 7) is 4.10. The van der Waals surface area contributed by atoms with E-state index >= 15 is 0 Å². The number of rotatable bonds is 42. The minimum atomic E-state index is -4.65. The van der Waals surface area contributed by atoms with Gasteiger partial charge in [0.1, 0.15) is 19.8 Å². The van der Waals surface area contributed by atoms with Gasteiger partial charge in [-0.3, -0.25) is 14.2 Å². The molecule has 0 N–H and O–H groups in total. The van der Waals surface area contributed by atoms with Crippen LogP contribution in [0.25, 0.3) is 0 Å². The highest BCUT2D eigenvalue weighted by molar-refractivity contribution is 7.45. The van der Waals surface area contributed by atoms with Crippen LogP contribution in [0, 0.1) is 0 Å². The molecule has 0 heterocycles. The van der Waals surface area contributed by atoms with E-state index in [0.29, 0.717) is 23.9 Å². The van der Waals surface area contributed by atoms with Gasteiger partial charge < -0.3 is 27.9 Å². The fourth-order valence-electron chi connectivity index (χ4n) is 5.98. The third-order valence-corrected chi connectivity index (χ3v) is 10.7. The quantitative estimate of drug-likeness (QED) is 0.0196. The Kier molecular flexibility index (Phi) is 40.0. The fourth-order valence-corrected chi connectivity index (χ4v) is 6.71. The number of hydrogen-bond donors (Lipinski definition) is 0. The Hall–Kier alpha value is -2.55. The number of allylic oxidation sites excluding steroid dienone is 12. The van der Waals surface area contributed by atoms with E-state index in [2.05, 4.69) is 74.6 Å². The molecule has 0 aromatic rings. The van der Waals surface area contributed by atoms with Crippen LogP contribution in [0.2, 0.25) is 0 Å². The first kappa shape index (κ1) is 57.4. The minimum Gasteiger partial charge on any atom is -0.756 e. The van der Waals surface area contributed by atoms with Crippen LogP contribution in [-0.4, -0.2) is 70.0 Å². The number of phosphoric acid groups is 1. The Morgan fingerprint density at radius 2 is 0.933 bits per heavy atom. The van der Waals surface area contributed by atoms with Crippen molar-refractivity contribution >= 4 is 19.8 Å². The molecule has 0 aliphatic carbocycles. The second kappa shape index (κ2) is 41.8. The molecule has 0 saturated carbocycles. The van der Waals surface area contributed by atoms with Gasteiger partial charge in [0.15, 0.2) is 6.10 Å². The average Bonchev–Trinajstić information content (AvgIpc) is 3.20. The number of esters is 2. The highest BCUT2D eigenvalue weighted by Gasteiger charge is 2.21. The number of carbonyl (C=O) groups is 2. The SMILES string of the molecule is CCCCC/C=C\C/C=C\C/C=C\C/C=C\C/C=C\CCC(=O)O[C@H](COC(=O)CCCCCCCCC/C=C\CCCCCCCC)COP(=O)([O-])OCC[N+](C)(C)C. The first-order valence-corrected chi connectivity index (χ1v) is 25.1. The normalized spacial score (nSPS) is 14.2. The van der Waals surface area contributed by atoms with Gasteiger partial charge in [-0.1, -0.05) is 164 Å². The third kappa shape index (κ3) is 45.0. The summed E-state index contributed by atoms with van der Waals surface area (Å²) in [4.78, 5) is 37.6. The Labute approximate surface area is 368 Å². The zero-order valence-electron chi connectivity index (χ0n) is 38.9. The van der Waals surface area contributed by atoms with Gasteiger partial charge in [0.05, 0.1) is 27.7 Å². The number of ether oxygens (including phenoxy) is 2. The topological polar surface area (TPSA) is 111 Å². The second-order valence-electron chi connectivity index (χ2n) is 16.8. The Balaban J connectivity index is 4.46. The van der Waals surface area contributed by atoms with E-state index in [-0.39, 0.29) is 26.1 Å². The largest absolute Gasteiger partial charge is 0.756 e. The van der Waals surface area contributed by atoms with Gasteiger partial charge >= 0.3 is 11.9 Å². The molecule has 0 amide bonds. The van der Waals surface area contributed by atoms with Crippen LogP contribution in [0.4, 0.5) is 0 Å². The predicted molar refractivity (Wildman–Crippen MR) is 249 cm³/mol. The van der Waals surface area contributed by atoms with E-state index in [0.717, 1.165) is 51.4 Å². The summed E-state index contributed by atoms with van der Waals surface area (Å²) in [6.07, 6.45) is 52.3. The molecule has 1 unspecified atom stereocenters. The Morgan fingerprint density at radius 3 is 1.45 bits per heavy atom. The van der Waals surface area contributed by atoms with Gasteiger partial charge in [0, 0.05) is 12.8 Å². The monoisotopic (exact) mass is 862 g/mol. The molecule has 0 radical (unpaired) electrons. The van der Waals surface area contributed by atoms with Crippen molar-refractivity contribution in [2.75, 3.05) is 47.5 Å². The summed E-state index contributed by atoms with van der Waals surface area (Å²) in [5.74, 6) is -0.939. The molecule has 0 spiro atoms. The van der Waals surface area contributed by atoms with Crippen LogP contribution >= 0.6 is 7.82 Å². The van der Waals surface area contributed by atoms with E-state index in [9.17, 15) is 19.0 Å². The zero-order chi connectivity index (χ0) is 44.3. The van der Waals surface area contributed by atoms with E-state index in [1.165, 1.54) is 89.9 Å². The van der Waals surface area contributed by atoms with Gasteiger partial charge in [0.25, 0.3) is 7.82 Å². The minimum absolute atomic E-state index is 0.0478. The molecule has 0 rings (SSSR count).